The number of hydrogen-bond donors (Lipinski definition) is 2. The van der Waals surface area contributed by atoms with Crippen molar-refractivity contribution in [2.24, 2.45) is 0 Å². The topological polar surface area (TPSA) is 41.1 Å². The second kappa shape index (κ2) is 7.44. The van der Waals surface area contributed by atoms with E-state index in [1.165, 1.54) is 4.90 Å². The molecule has 1 aromatic carbocycles. The normalized spacial score (nSPS) is 20.2. The minimum Gasteiger partial charge on any atom is -0.355 e. The predicted molar refractivity (Wildman–Crippen MR) is 75.8 cm³/mol. The fraction of sp³-hybridized carbons (Fsp3) is 0.500. The molecule has 1 aliphatic rings. The molecule has 1 amide bonds. The SMILES string of the molecule is O=C1NCCCCC1NCCSc1ccccc1. The zero-order valence-corrected chi connectivity index (χ0v) is 11.3. The van der Waals surface area contributed by atoms with Gasteiger partial charge in [0.05, 0.1) is 6.04 Å². The maximum absolute atomic E-state index is 11.7. The Hall–Kier alpha value is -1.00. The average molecular weight is 264 g/mol. The fourth-order valence-electron chi connectivity index (χ4n) is 2.05. The second-order valence-corrected chi connectivity index (χ2v) is 5.62. The van der Waals surface area contributed by atoms with Gasteiger partial charge in [-0.25, -0.2) is 0 Å². The third kappa shape index (κ3) is 4.35. The molecule has 2 N–H and O–H groups in total. The van der Waals surface area contributed by atoms with Crippen LogP contribution in [0, 0.1) is 0 Å². The molecule has 4 heteroatoms. The first kappa shape index (κ1) is 13.4. The van der Waals surface area contributed by atoms with Crippen LogP contribution in [0.25, 0.3) is 0 Å². The van der Waals surface area contributed by atoms with Gasteiger partial charge in [-0.1, -0.05) is 18.2 Å². The van der Waals surface area contributed by atoms with Gasteiger partial charge in [0, 0.05) is 23.7 Å². The summed E-state index contributed by atoms with van der Waals surface area (Å²) in [5, 5.41) is 6.29. The molecule has 1 heterocycles. The Morgan fingerprint density at radius 2 is 2.11 bits per heavy atom. The highest BCUT2D eigenvalue weighted by atomic mass is 32.2. The molecule has 0 aliphatic carbocycles. The maximum atomic E-state index is 11.7. The van der Waals surface area contributed by atoms with Crippen molar-refractivity contribution in [2.45, 2.75) is 30.2 Å². The van der Waals surface area contributed by atoms with Crippen LogP contribution >= 0.6 is 11.8 Å². The van der Waals surface area contributed by atoms with E-state index in [1.807, 2.05) is 17.8 Å². The number of amides is 1. The molecule has 0 saturated carbocycles. The lowest BCUT2D eigenvalue weighted by Gasteiger charge is -2.14. The quantitative estimate of drug-likeness (QED) is 0.631. The number of thioether (sulfide) groups is 1. The highest BCUT2D eigenvalue weighted by Gasteiger charge is 2.19. The second-order valence-electron chi connectivity index (χ2n) is 4.46. The molecular formula is C14H20N2OS. The number of carbonyl (C=O) groups is 1. The summed E-state index contributed by atoms with van der Waals surface area (Å²) in [5.74, 6) is 1.16. The van der Waals surface area contributed by atoms with E-state index in [1.54, 1.807) is 0 Å². The molecule has 1 atom stereocenters. The molecule has 3 nitrogen and oxygen atoms in total. The average Bonchev–Trinajstić information content (AvgIpc) is 2.61. The third-order valence-electron chi connectivity index (χ3n) is 3.04. The van der Waals surface area contributed by atoms with Gasteiger partial charge in [0.15, 0.2) is 0 Å². The number of rotatable bonds is 5. The summed E-state index contributed by atoms with van der Waals surface area (Å²) in [5.41, 5.74) is 0. The first-order valence-corrected chi connectivity index (χ1v) is 7.54. The summed E-state index contributed by atoms with van der Waals surface area (Å²) in [6.07, 6.45) is 3.19. The third-order valence-corrected chi connectivity index (χ3v) is 4.05. The number of hydrogen-bond acceptors (Lipinski definition) is 3. The van der Waals surface area contributed by atoms with E-state index in [2.05, 4.69) is 34.9 Å². The van der Waals surface area contributed by atoms with Crippen LogP contribution in [0.2, 0.25) is 0 Å². The van der Waals surface area contributed by atoms with Gasteiger partial charge >= 0.3 is 0 Å². The van der Waals surface area contributed by atoms with Crippen molar-refractivity contribution in [3.05, 3.63) is 30.3 Å². The molecule has 1 unspecified atom stereocenters. The van der Waals surface area contributed by atoms with E-state index in [4.69, 9.17) is 0 Å². The van der Waals surface area contributed by atoms with E-state index in [-0.39, 0.29) is 11.9 Å². The molecule has 1 fully saturated rings. The Morgan fingerprint density at radius 1 is 1.28 bits per heavy atom. The zero-order chi connectivity index (χ0) is 12.6. The van der Waals surface area contributed by atoms with Crippen molar-refractivity contribution in [3.8, 4) is 0 Å². The molecule has 1 aromatic rings. The molecular weight excluding hydrogens is 244 g/mol. The Kier molecular flexibility index (Phi) is 5.55. The first-order valence-electron chi connectivity index (χ1n) is 6.55. The van der Waals surface area contributed by atoms with Crippen LogP contribution in [0.4, 0.5) is 0 Å². The van der Waals surface area contributed by atoms with Gasteiger partial charge in [-0.05, 0) is 31.4 Å². The summed E-state index contributed by atoms with van der Waals surface area (Å²) < 4.78 is 0. The van der Waals surface area contributed by atoms with Gasteiger partial charge in [0.1, 0.15) is 0 Å². The standard InChI is InChI=1S/C14H20N2OS/c17-14-13(8-4-5-9-16-14)15-10-11-18-12-6-2-1-3-7-12/h1-3,6-7,13,15H,4-5,8-11H2,(H,16,17). The van der Waals surface area contributed by atoms with Crippen LogP contribution in [-0.2, 0) is 4.79 Å². The summed E-state index contributed by atoms with van der Waals surface area (Å²) in [6, 6.07) is 10.4. The van der Waals surface area contributed by atoms with Crippen molar-refractivity contribution in [2.75, 3.05) is 18.8 Å². The Bertz CT molecular complexity index is 369. The summed E-state index contributed by atoms with van der Waals surface area (Å²) in [7, 11) is 0. The maximum Gasteiger partial charge on any atom is 0.237 e. The van der Waals surface area contributed by atoms with Gasteiger partial charge in [-0.15, -0.1) is 11.8 Å². The highest BCUT2D eigenvalue weighted by Crippen LogP contribution is 2.16. The monoisotopic (exact) mass is 264 g/mol. The molecule has 0 spiro atoms. The number of benzene rings is 1. The van der Waals surface area contributed by atoms with Crippen molar-refractivity contribution < 1.29 is 4.79 Å². The van der Waals surface area contributed by atoms with Crippen LogP contribution < -0.4 is 10.6 Å². The summed E-state index contributed by atoms with van der Waals surface area (Å²) >= 11 is 1.82. The van der Waals surface area contributed by atoms with Gasteiger partial charge in [0.25, 0.3) is 0 Å². The molecule has 1 saturated heterocycles. The zero-order valence-electron chi connectivity index (χ0n) is 10.5. The molecule has 98 valence electrons. The smallest absolute Gasteiger partial charge is 0.237 e. The Morgan fingerprint density at radius 3 is 2.94 bits per heavy atom. The lowest BCUT2D eigenvalue weighted by Crippen LogP contribution is -2.43. The van der Waals surface area contributed by atoms with E-state index < -0.39 is 0 Å². The van der Waals surface area contributed by atoms with Crippen LogP contribution in [0.15, 0.2) is 35.2 Å². The van der Waals surface area contributed by atoms with E-state index in [0.717, 1.165) is 38.1 Å². The van der Waals surface area contributed by atoms with Crippen LogP contribution in [0.1, 0.15) is 19.3 Å². The number of nitrogens with one attached hydrogen (secondary N) is 2. The van der Waals surface area contributed by atoms with Crippen molar-refractivity contribution in [1.82, 2.24) is 10.6 Å². The molecule has 18 heavy (non-hydrogen) atoms. The molecule has 2 rings (SSSR count). The Labute approximate surface area is 113 Å². The minimum absolute atomic E-state index is 0.00359. The van der Waals surface area contributed by atoms with Crippen molar-refractivity contribution >= 4 is 17.7 Å². The van der Waals surface area contributed by atoms with E-state index in [9.17, 15) is 4.79 Å². The lowest BCUT2D eigenvalue weighted by atomic mass is 10.1. The Balaban J connectivity index is 1.67. The van der Waals surface area contributed by atoms with Crippen LogP contribution in [0.5, 0.6) is 0 Å². The van der Waals surface area contributed by atoms with Crippen molar-refractivity contribution in [3.63, 3.8) is 0 Å². The van der Waals surface area contributed by atoms with E-state index in [0.29, 0.717) is 0 Å². The lowest BCUT2D eigenvalue weighted by molar-refractivity contribution is -0.122. The fourth-order valence-corrected chi connectivity index (χ4v) is 2.86. The molecule has 1 aliphatic heterocycles. The van der Waals surface area contributed by atoms with Crippen LogP contribution in [0.3, 0.4) is 0 Å². The van der Waals surface area contributed by atoms with Gasteiger partial charge in [-0.3, -0.25) is 4.79 Å². The highest BCUT2D eigenvalue weighted by molar-refractivity contribution is 7.99. The van der Waals surface area contributed by atoms with Crippen LogP contribution in [-0.4, -0.2) is 30.8 Å². The molecule has 0 radical (unpaired) electrons. The summed E-state index contributed by atoms with van der Waals surface area (Å²) in [6.45, 7) is 1.70. The molecule has 0 bridgehead atoms. The number of carbonyl (C=O) groups excluding carboxylic acids is 1. The van der Waals surface area contributed by atoms with Gasteiger partial charge in [-0.2, -0.15) is 0 Å². The van der Waals surface area contributed by atoms with Gasteiger partial charge < -0.3 is 10.6 Å². The summed E-state index contributed by atoms with van der Waals surface area (Å²) in [4.78, 5) is 13.0. The molecule has 0 aromatic heterocycles. The minimum atomic E-state index is 0.00359. The van der Waals surface area contributed by atoms with E-state index >= 15 is 0 Å². The predicted octanol–water partition coefficient (Wildman–Crippen LogP) is 2.04. The van der Waals surface area contributed by atoms with Crippen molar-refractivity contribution in [1.29, 1.82) is 0 Å². The van der Waals surface area contributed by atoms with Gasteiger partial charge in [0.2, 0.25) is 5.91 Å². The largest absolute Gasteiger partial charge is 0.355 e. The first-order chi connectivity index (χ1) is 8.86.